The Morgan fingerprint density at radius 3 is 2.30 bits per heavy atom. The number of hydrogen-bond donors (Lipinski definition) is 3. The van der Waals surface area contributed by atoms with Gasteiger partial charge in [-0.1, -0.05) is 0 Å². The monoisotopic (exact) mass is 170 g/mol. The number of ether oxygens (including phenoxy) is 1. The van der Waals surface area contributed by atoms with E-state index in [1.807, 2.05) is 0 Å². The van der Waals surface area contributed by atoms with E-state index in [0.717, 1.165) is 0 Å². The second-order valence-electron chi connectivity index (χ2n) is 1.42. The summed E-state index contributed by atoms with van der Waals surface area (Å²) < 4.78 is 9.10. The summed E-state index contributed by atoms with van der Waals surface area (Å²) in [5.74, 6) is 0. The van der Waals surface area contributed by atoms with Gasteiger partial charge in [-0.05, 0) is 0 Å². The zero-order chi connectivity index (χ0) is 7.82. The third-order valence-electron chi connectivity index (χ3n) is 0.670. The molecule has 0 atom stereocenters. The Bertz CT molecular complexity index is 68.7. The van der Waals surface area contributed by atoms with Crippen LogP contribution in [0.15, 0.2) is 0 Å². The maximum absolute atomic E-state index is 8.21. The summed E-state index contributed by atoms with van der Waals surface area (Å²) in [5, 5.41) is 8.21. The lowest BCUT2D eigenvalue weighted by Crippen LogP contribution is -2.05. The lowest BCUT2D eigenvalue weighted by Gasteiger charge is -2.03. The highest BCUT2D eigenvalue weighted by atomic mass is 31.2. The van der Waals surface area contributed by atoms with Gasteiger partial charge >= 0.3 is 8.60 Å². The maximum Gasteiger partial charge on any atom is 0.327 e. The molecule has 0 fully saturated rings. The average Bonchev–Trinajstić information content (AvgIpc) is 1.87. The molecule has 0 spiro atoms. The van der Waals surface area contributed by atoms with Gasteiger partial charge in [-0.15, -0.1) is 0 Å². The van der Waals surface area contributed by atoms with Gasteiger partial charge in [0.05, 0.1) is 26.4 Å². The van der Waals surface area contributed by atoms with E-state index in [-0.39, 0.29) is 26.4 Å². The molecule has 0 aromatic heterocycles. The van der Waals surface area contributed by atoms with Crippen LogP contribution in [-0.4, -0.2) is 41.3 Å². The van der Waals surface area contributed by atoms with E-state index >= 15 is 0 Å². The average molecular weight is 170 g/mol. The highest BCUT2D eigenvalue weighted by Gasteiger charge is 1.96. The van der Waals surface area contributed by atoms with Gasteiger partial charge in [0.15, 0.2) is 0 Å². The lowest BCUT2D eigenvalue weighted by atomic mass is 10.7. The molecule has 0 aromatic carbocycles. The molecule has 10 heavy (non-hydrogen) atoms. The molecule has 0 aromatic rings. The first-order chi connectivity index (χ1) is 4.77. The summed E-state index contributed by atoms with van der Waals surface area (Å²) in [4.78, 5) is 16.4. The van der Waals surface area contributed by atoms with Gasteiger partial charge in [0.1, 0.15) is 0 Å². The van der Waals surface area contributed by atoms with Gasteiger partial charge in [0, 0.05) is 0 Å². The molecule has 5 nitrogen and oxygen atoms in total. The van der Waals surface area contributed by atoms with Crippen LogP contribution >= 0.6 is 8.60 Å². The standard InChI is InChI=1S/C4H11O5P/c5-1-2-8-3-4-9-10(6)7/h5-7H,1-4H2. The second kappa shape index (κ2) is 7.34. The van der Waals surface area contributed by atoms with Crippen LogP contribution in [0.2, 0.25) is 0 Å². The molecule has 0 heterocycles. The van der Waals surface area contributed by atoms with Gasteiger partial charge in [-0.2, -0.15) is 0 Å². The van der Waals surface area contributed by atoms with E-state index < -0.39 is 8.60 Å². The summed E-state index contributed by atoms with van der Waals surface area (Å²) in [7, 11) is -2.26. The Kier molecular flexibility index (Phi) is 7.51. The minimum Gasteiger partial charge on any atom is -0.394 e. The minimum atomic E-state index is -2.26. The highest BCUT2D eigenvalue weighted by Crippen LogP contribution is 2.23. The molecule has 0 aliphatic carbocycles. The minimum absolute atomic E-state index is 0.0347. The zero-order valence-corrected chi connectivity index (χ0v) is 6.33. The fourth-order valence-corrected chi connectivity index (χ4v) is 0.582. The second-order valence-corrected chi connectivity index (χ2v) is 2.19. The van der Waals surface area contributed by atoms with Gasteiger partial charge in [-0.25, -0.2) is 0 Å². The van der Waals surface area contributed by atoms with Crippen molar-refractivity contribution in [1.82, 2.24) is 0 Å². The van der Waals surface area contributed by atoms with Crippen molar-refractivity contribution in [2.24, 2.45) is 0 Å². The van der Waals surface area contributed by atoms with E-state index in [0.29, 0.717) is 0 Å². The molecular weight excluding hydrogens is 159 g/mol. The van der Waals surface area contributed by atoms with Crippen molar-refractivity contribution in [2.45, 2.75) is 0 Å². The fraction of sp³-hybridized carbons (Fsp3) is 1.00. The van der Waals surface area contributed by atoms with Crippen LogP contribution in [0.5, 0.6) is 0 Å². The van der Waals surface area contributed by atoms with E-state index in [1.165, 1.54) is 0 Å². The van der Waals surface area contributed by atoms with Crippen LogP contribution in [-0.2, 0) is 9.26 Å². The van der Waals surface area contributed by atoms with E-state index in [9.17, 15) is 0 Å². The van der Waals surface area contributed by atoms with Gasteiger partial charge in [0.25, 0.3) is 0 Å². The zero-order valence-electron chi connectivity index (χ0n) is 5.43. The molecule has 0 aliphatic rings. The first-order valence-electron chi connectivity index (χ1n) is 2.76. The Labute approximate surface area is 60.2 Å². The van der Waals surface area contributed by atoms with Gasteiger partial charge in [-0.3, -0.25) is 0 Å². The van der Waals surface area contributed by atoms with Crippen LogP contribution in [0.25, 0.3) is 0 Å². The third-order valence-corrected chi connectivity index (χ3v) is 1.08. The van der Waals surface area contributed by atoms with Crippen LogP contribution in [0.3, 0.4) is 0 Å². The molecular formula is C4H11O5P. The normalized spacial score (nSPS) is 10.8. The summed E-state index contributed by atoms with van der Waals surface area (Å²) in [6.07, 6.45) is 0. The van der Waals surface area contributed by atoms with E-state index in [2.05, 4.69) is 4.52 Å². The topological polar surface area (TPSA) is 79.2 Å². The van der Waals surface area contributed by atoms with Gasteiger partial charge < -0.3 is 24.2 Å². The lowest BCUT2D eigenvalue weighted by molar-refractivity contribution is 0.0674. The molecule has 0 aliphatic heterocycles. The van der Waals surface area contributed by atoms with Crippen LogP contribution < -0.4 is 0 Å². The van der Waals surface area contributed by atoms with Crippen molar-refractivity contribution in [3.8, 4) is 0 Å². The van der Waals surface area contributed by atoms with Crippen molar-refractivity contribution < 1.29 is 24.2 Å². The first kappa shape index (κ1) is 10.2. The molecule has 0 bridgehead atoms. The molecule has 0 radical (unpaired) electrons. The molecule has 6 heteroatoms. The van der Waals surface area contributed by atoms with Crippen LogP contribution in [0.4, 0.5) is 0 Å². The SMILES string of the molecule is OCCOCCOP(O)O. The molecule has 0 rings (SSSR count). The van der Waals surface area contributed by atoms with Crippen LogP contribution in [0.1, 0.15) is 0 Å². The van der Waals surface area contributed by atoms with Crippen molar-refractivity contribution in [2.75, 3.05) is 26.4 Å². The molecule has 0 amide bonds. The Morgan fingerprint density at radius 1 is 1.10 bits per heavy atom. The summed E-state index contributed by atoms with van der Waals surface area (Å²) in [6, 6.07) is 0. The maximum atomic E-state index is 8.21. The quantitative estimate of drug-likeness (QED) is 0.360. The number of aliphatic hydroxyl groups excluding tert-OH is 1. The van der Waals surface area contributed by atoms with Crippen LogP contribution in [0, 0.1) is 0 Å². The number of aliphatic hydroxyl groups is 1. The van der Waals surface area contributed by atoms with E-state index in [1.54, 1.807) is 0 Å². The predicted octanol–water partition coefficient (Wildman–Crippen LogP) is -0.777. The molecule has 0 saturated heterocycles. The molecule has 62 valence electrons. The first-order valence-corrected chi connectivity index (χ1v) is 3.93. The summed E-state index contributed by atoms with van der Waals surface area (Å²) in [5.41, 5.74) is 0. The molecule has 0 saturated carbocycles. The number of rotatable bonds is 6. The summed E-state index contributed by atoms with van der Waals surface area (Å²) in [6.45, 7) is 0.615. The fourth-order valence-electron chi connectivity index (χ4n) is 0.344. The highest BCUT2D eigenvalue weighted by molar-refractivity contribution is 7.39. The van der Waals surface area contributed by atoms with E-state index in [4.69, 9.17) is 19.6 Å². The largest absolute Gasteiger partial charge is 0.394 e. The molecule has 3 N–H and O–H groups in total. The summed E-state index contributed by atoms with van der Waals surface area (Å²) >= 11 is 0. The van der Waals surface area contributed by atoms with Gasteiger partial charge in [0.2, 0.25) is 0 Å². The Morgan fingerprint density at radius 2 is 1.80 bits per heavy atom. The number of hydrogen-bond acceptors (Lipinski definition) is 5. The smallest absolute Gasteiger partial charge is 0.327 e. The Balaban J connectivity index is 2.77. The van der Waals surface area contributed by atoms with Crippen molar-refractivity contribution in [1.29, 1.82) is 0 Å². The Hall–Kier alpha value is 0.230. The third kappa shape index (κ3) is 8.23. The van der Waals surface area contributed by atoms with Crippen molar-refractivity contribution in [3.63, 3.8) is 0 Å². The van der Waals surface area contributed by atoms with Crippen molar-refractivity contribution in [3.05, 3.63) is 0 Å². The molecule has 0 unspecified atom stereocenters. The predicted molar refractivity (Wildman–Crippen MR) is 35.2 cm³/mol. The van der Waals surface area contributed by atoms with Crippen molar-refractivity contribution >= 4 is 8.60 Å².